The zero-order chi connectivity index (χ0) is 22.8. The van der Waals surface area contributed by atoms with Gasteiger partial charge in [0.2, 0.25) is 5.91 Å². The first kappa shape index (κ1) is 23.6. The average Bonchev–Trinajstić information content (AvgIpc) is 3.23. The summed E-state index contributed by atoms with van der Waals surface area (Å²) in [5.74, 6) is 0.817. The molecule has 0 bridgehead atoms. The maximum absolute atomic E-state index is 12.6. The number of carbonyl (C=O) groups excluding carboxylic acids is 1. The molecule has 2 aromatic carbocycles. The lowest BCUT2D eigenvalue weighted by atomic mass is 10.1. The van der Waals surface area contributed by atoms with Gasteiger partial charge in [-0.2, -0.15) is 0 Å². The quantitative estimate of drug-likeness (QED) is 0.330. The van der Waals surface area contributed by atoms with Gasteiger partial charge >= 0.3 is 0 Å². The summed E-state index contributed by atoms with van der Waals surface area (Å²) in [5.41, 5.74) is 3.33. The second kappa shape index (κ2) is 12.1. The number of hydrogen-bond acceptors (Lipinski definition) is 4. The first-order chi connectivity index (χ1) is 15.6. The lowest BCUT2D eigenvalue weighted by Crippen LogP contribution is -2.34. The molecular formula is C26H32N2O4. The topological polar surface area (TPSA) is 63.8 Å². The molecule has 0 aliphatic carbocycles. The van der Waals surface area contributed by atoms with Crippen LogP contribution in [0, 0.1) is 0 Å². The first-order valence-electron chi connectivity index (χ1n) is 10.9. The van der Waals surface area contributed by atoms with Gasteiger partial charge in [0, 0.05) is 50.8 Å². The Morgan fingerprint density at radius 1 is 1.09 bits per heavy atom. The number of amides is 1. The summed E-state index contributed by atoms with van der Waals surface area (Å²) in [5, 5.41) is 1.11. The van der Waals surface area contributed by atoms with Crippen molar-refractivity contribution in [3.63, 3.8) is 0 Å². The van der Waals surface area contributed by atoms with E-state index in [1.54, 1.807) is 26.4 Å². The molecule has 1 aromatic heterocycles. The van der Waals surface area contributed by atoms with E-state index in [1.807, 2.05) is 60.5 Å². The van der Waals surface area contributed by atoms with Crippen LogP contribution in [-0.2, 0) is 27.3 Å². The molecule has 3 rings (SSSR count). The maximum Gasteiger partial charge on any atom is 0.246 e. The number of carbonyl (C=O) groups is 1. The molecule has 0 spiro atoms. The second-order valence-electron chi connectivity index (χ2n) is 7.56. The Kier molecular flexibility index (Phi) is 8.90. The van der Waals surface area contributed by atoms with Crippen molar-refractivity contribution in [1.82, 2.24) is 9.88 Å². The number of allylic oxidation sites excluding steroid dienone is 1. The molecule has 1 amide bonds. The van der Waals surface area contributed by atoms with E-state index in [1.165, 1.54) is 0 Å². The van der Waals surface area contributed by atoms with Crippen LogP contribution in [0.3, 0.4) is 0 Å². The number of aromatic amines is 1. The maximum atomic E-state index is 12.6. The highest BCUT2D eigenvalue weighted by molar-refractivity contribution is 5.88. The molecule has 3 aromatic rings. The van der Waals surface area contributed by atoms with E-state index in [4.69, 9.17) is 14.2 Å². The number of methoxy groups -OCH3 is 2. The van der Waals surface area contributed by atoms with Crippen molar-refractivity contribution >= 4 is 16.8 Å². The van der Waals surface area contributed by atoms with E-state index in [0.29, 0.717) is 26.1 Å². The Balaban J connectivity index is 1.68. The highest BCUT2D eigenvalue weighted by Crippen LogP contribution is 2.25. The third-order valence-corrected chi connectivity index (χ3v) is 5.42. The molecule has 6 heteroatoms. The Morgan fingerprint density at radius 3 is 2.59 bits per heavy atom. The Morgan fingerprint density at radius 2 is 1.88 bits per heavy atom. The van der Waals surface area contributed by atoms with Crippen LogP contribution in [0.25, 0.3) is 10.9 Å². The van der Waals surface area contributed by atoms with Gasteiger partial charge in [-0.1, -0.05) is 36.4 Å². The Labute approximate surface area is 189 Å². The first-order valence-corrected chi connectivity index (χ1v) is 10.9. The van der Waals surface area contributed by atoms with Crippen molar-refractivity contribution in [2.24, 2.45) is 0 Å². The molecule has 6 nitrogen and oxygen atoms in total. The summed E-state index contributed by atoms with van der Waals surface area (Å²) < 4.78 is 16.5. The predicted molar refractivity (Wildman–Crippen MR) is 127 cm³/mol. The van der Waals surface area contributed by atoms with E-state index < -0.39 is 0 Å². The van der Waals surface area contributed by atoms with Gasteiger partial charge in [0.25, 0.3) is 0 Å². The second-order valence-corrected chi connectivity index (χ2v) is 7.56. The molecule has 170 valence electrons. The number of ether oxygens (including phenoxy) is 3. The molecule has 0 fully saturated rings. The molecule has 0 unspecified atom stereocenters. The van der Waals surface area contributed by atoms with E-state index >= 15 is 0 Å². The number of aromatic nitrogens is 1. The number of fused-ring (bicyclic) bond motifs is 1. The van der Waals surface area contributed by atoms with Crippen molar-refractivity contribution in [2.45, 2.75) is 32.7 Å². The molecule has 1 heterocycles. The average molecular weight is 437 g/mol. The fourth-order valence-electron chi connectivity index (χ4n) is 3.62. The van der Waals surface area contributed by atoms with Crippen molar-refractivity contribution in [3.8, 4) is 5.75 Å². The number of rotatable bonds is 12. The zero-order valence-electron chi connectivity index (χ0n) is 19.0. The van der Waals surface area contributed by atoms with Crippen LogP contribution >= 0.6 is 0 Å². The molecular weight excluding hydrogens is 404 g/mol. The van der Waals surface area contributed by atoms with Crippen LogP contribution < -0.4 is 4.74 Å². The van der Waals surface area contributed by atoms with Crippen LogP contribution in [-0.4, -0.2) is 49.4 Å². The van der Waals surface area contributed by atoms with Crippen LogP contribution in [0.5, 0.6) is 5.75 Å². The number of benzene rings is 2. The molecule has 0 saturated carbocycles. The minimum absolute atomic E-state index is 0.00909. The van der Waals surface area contributed by atoms with E-state index in [9.17, 15) is 4.79 Å². The summed E-state index contributed by atoms with van der Waals surface area (Å²) in [6.07, 6.45) is 6.39. The Hall–Kier alpha value is -3.09. The van der Waals surface area contributed by atoms with Gasteiger partial charge in [-0.05, 0) is 48.7 Å². The van der Waals surface area contributed by atoms with Gasteiger partial charge in [-0.15, -0.1) is 0 Å². The number of nitrogens with one attached hydrogen (secondary N) is 1. The van der Waals surface area contributed by atoms with Crippen molar-refractivity contribution in [1.29, 1.82) is 0 Å². The third-order valence-electron chi connectivity index (χ3n) is 5.42. The predicted octanol–water partition coefficient (Wildman–Crippen LogP) is 4.70. The van der Waals surface area contributed by atoms with E-state index in [0.717, 1.165) is 34.2 Å². The lowest BCUT2D eigenvalue weighted by molar-refractivity contribution is -0.130. The van der Waals surface area contributed by atoms with Gasteiger partial charge in [0.15, 0.2) is 6.29 Å². The molecule has 32 heavy (non-hydrogen) atoms. The summed E-state index contributed by atoms with van der Waals surface area (Å²) in [7, 11) is 3.21. The normalized spacial score (nSPS) is 11.5. The highest BCUT2D eigenvalue weighted by Gasteiger charge is 2.15. The van der Waals surface area contributed by atoms with Crippen molar-refractivity contribution in [3.05, 3.63) is 78.0 Å². The summed E-state index contributed by atoms with van der Waals surface area (Å²) in [6.45, 7) is 3.53. The van der Waals surface area contributed by atoms with Gasteiger partial charge < -0.3 is 24.1 Å². The smallest absolute Gasteiger partial charge is 0.246 e. The van der Waals surface area contributed by atoms with Crippen molar-refractivity contribution in [2.75, 3.05) is 27.3 Å². The van der Waals surface area contributed by atoms with Crippen LogP contribution in [0.2, 0.25) is 0 Å². The molecule has 0 aliphatic rings. The lowest BCUT2D eigenvalue weighted by Gasteiger charge is -2.23. The van der Waals surface area contributed by atoms with Gasteiger partial charge in [0.1, 0.15) is 12.4 Å². The highest BCUT2D eigenvalue weighted by atomic mass is 16.7. The minimum Gasteiger partial charge on any atom is -0.489 e. The van der Waals surface area contributed by atoms with Crippen molar-refractivity contribution < 1.29 is 19.0 Å². The zero-order valence-corrected chi connectivity index (χ0v) is 19.0. The standard InChI is InChI=1S/C26H32N2O4/c1-4-8-25(29)28(16-14-26(30-2)31-3)15-13-21-18-27-24-12-11-22(17-23(21)24)32-19-20-9-6-5-7-10-20/h4-12,17-18,26-27H,13-16,19H2,1-3H3/b8-4+. The molecule has 1 N–H and O–H groups in total. The largest absolute Gasteiger partial charge is 0.489 e. The van der Waals surface area contributed by atoms with E-state index in [-0.39, 0.29) is 12.2 Å². The number of hydrogen-bond donors (Lipinski definition) is 1. The summed E-state index contributed by atoms with van der Waals surface area (Å²) in [4.78, 5) is 17.7. The SMILES string of the molecule is C/C=C/C(=O)N(CCc1c[nH]c2ccc(OCc3ccccc3)cc12)CCC(OC)OC. The minimum atomic E-state index is -0.326. The van der Waals surface area contributed by atoms with Gasteiger partial charge in [-0.3, -0.25) is 4.79 Å². The van der Waals surface area contributed by atoms with Gasteiger partial charge in [0.05, 0.1) is 0 Å². The number of nitrogens with zero attached hydrogens (tertiary/aromatic N) is 1. The van der Waals surface area contributed by atoms with Gasteiger partial charge in [-0.25, -0.2) is 0 Å². The van der Waals surface area contributed by atoms with Crippen LogP contribution in [0.4, 0.5) is 0 Å². The summed E-state index contributed by atoms with van der Waals surface area (Å²) in [6, 6.07) is 16.2. The number of H-pyrrole nitrogens is 1. The fourth-order valence-corrected chi connectivity index (χ4v) is 3.62. The fraction of sp³-hybridized carbons (Fsp3) is 0.346. The molecule has 0 atom stereocenters. The van der Waals surface area contributed by atoms with E-state index in [2.05, 4.69) is 11.1 Å². The molecule has 0 aliphatic heterocycles. The summed E-state index contributed by atoms with van der Waals surface area (Å²) >= 11 is 0. The van der Waals surface area contributed by atoms with Crippen LogP contribution in [0.15, 0.2) is 66.9 Å². The van der Waals surface area contributed by atoms with Crippen LogP contribution in [0.1, 0.15) is 24.5 Å². The Bertz CT molecular complexity index is 1010. The molecule has 0 radical (unpaired) electrons. The monoisotopic (exact) mass is 436 g/mol. The molecule has 0 saturated heterocycles. The third kappa shape index (κ3) is 6.45.